The number of hydrogen-bond acceptors (Lipinski definition) is 4. The van der Waals surface area contributed by atoms with Crippen molar-refractivity contribution in [3.8, 4) is 0 Å². The van der Waals surface area contributed by atoms with E-state index in [1.165, 1.54) is 18.3 Å². The Bertz CT molecular complexity index is 526. The van der Waals surface area contributed by atoms with Gasteiger partial charge in [0.1, 0.15) is 0 Å². The van der Waals surface area contributed by atoms with Crippen LogP contribution >= 0.6 is 23.2 Å². The number of anilines is 1. The maximum Gasteiger partial charge on any atom is 0.331 e. The molecular weight excluding hydrogens is 291 g/mol. The van der Waals surface area contributed by atoms with E-state index in [-0.39, 0.29) is 10.8 Å². The molecule has 0 atom stereocenters. The van der Waals surface area contributed by atoms with E-state index in [9.17, 15) is 9.59 Å². The molecule has 0 aliphatic carbocycles. The highest BCUT2D eigenvalue weighted by Crippen LogP contribution is 2.22. The molecule has 0 saturated carbocycles. The maximum atomic E-state index is 11.5. The summed E-state index contributed by atoms with van der Waals surface area (Å²) in [6.07, 6.45) is 2.64. The number of allylic oxidation sites excluding steroid dienone is 1. The van der Waals surface area contributed by atoms with Crippen molar-refractivity contribution < 1.29 is 14.3 Å². The molecular formula is C12H12Cl2N2O3. The highest BCUT2D eigenvalue weighted by Gasteiger charge is 2.09. The molecule has 0 aliphatic rings. The lowest BCUT2D eigenvalue weighted by Crippen LogP contribution is -2.21. The zero-order valence-corrected chi connectivity index (χ0v) is 11.9. The second-order valence-corrected chi connectivity index (χ2v) is 4.71. The minimum atomic E-state index is -0.578. The molecule has 0 aliphatic heterocycles. The Morgan fingerprint density at radius 1 is 1.42 bits per heavy atom. The third kappa shape index (κ3) is 5.72. The van der Waals surface area contributed by atoms with Gasteiger partial charge in [-0.3, -0.25) is 4.79 Å². The Morgan fingerprint density at radius 2 is 2.11 bits per heavy atom. The molecule has 5 nitrogen and oxygen atoms in total. The number of nitrogens with zero attached hydrogens (tertiary/aromatic N) is 1. The molecule has 0 saturated heterocycles. The summed E-state index contributed by atoms with van der Waals surface area (Å²) in [4.78, 5) is 26.5. The highest BCUT2D eigenvalue weighted by atomic mass is 35.5. The van der Waals surface area contributed by atoms with Crippen LogP contribution in [-0.2, 0) is 14.3 Å². The highest BCUT2D eigenvalue weighted by molar-refractivity contribution is 6.36. The van der Waals surface area contributed by atoms with Gasteiger partial charge < -0.3 is 10.1 Å². The number of ether oxygens (including phenoxy) is 1. The molecule has 0 radical (unpaired) electrons. The van der Waals surface area contributed by atoms with Gasteiger partial charge in [0.25, 0.3) is 5.91 Å². The van der Waals surface area contributed by atoms with Gasteiger partial charge in [0.2, 0.25) is 0 Å². The summed E-state index contributed by atoms with van der Waals surface area (Å²) in [5, 5.41) is 2.97. The third-order valence-corrected chi connectivity index (χ3v) is 2.31. The smallest absolute Gasteiger partial charge is 0.331 e. The minimum Gasteiger partial charge on any atom is -0.452 e. The van der Waals surface area contributed by atoms with Crippen LogP contribution in [0.25, 0.3) is 0 Å². The largest absolute Gasteiger partial charge is 0.452 e. The molecule has 1 aromatic rings. The quantitative estimate of drug-likeness (QED) is 0.686. The minimum absolute atomic E-state index is 0.161. The van der Waals surface area contributed by atoms with Gasteiger partial charge in [-0.1, -0.05) is 28.8 Å². The molecule has 1 amide bonds. The average molecular weight is 303 g/mol. The van der Waals surface area contributed by atoms with Crippen molar-refractivity contribution in [1.82, 2.24) is 4.98 Å². The molecule has 1 rings (SSSR count). The van der Waals surface area contributed by atoms with Crippen molar-refractivity contribution in [3.63, 3.8) is 0 Å². The van der Waals surface area contributed by atoms with Crippen molar-refractivity contribution in [2.24, 2.45) is 0 Å². The van der Waals surface area contributed by atoms with Crippen molar-refractivity contribution in [2.75, 3.05) is 11.9 Å². The summed E-state index contributed by atoms with van der Waals surface area (Å²) in [6.45, 7) is 3.08. The van der Waals surface area contributed by atoms with Crippen LogP contribution in [0.15, 0.2) is 23.9 Å². The number of aromatic nitrogens is 1. The lowest BCUT2D eigenvalue weighted by Gasteiger charge is -2.06. The first kappa shape index (κ1) is 15.5. The SMILES string of the molecule is CC(C)=CC(=O)OCC(=O)Nc1ncc(Cl)cc1Cl. The van der Waals surface area contributed by atoms with Gasteiger partial charge >= 0.3 is 5.97 Å². The number of pyridine rings is 1. The number of carbonyl (C=O) groups is 2. The Labute approximate surface area is 120 Å². The zero-order chi connectivity index (χ0) is 14.4. The van der Waals surface area contributed by atoms with Crippen molar-refractivity contribution >= 4 is 40.9 Å². The number of hydrogen-bond donors (Lipinski definition) is 1. The fraction of sp³-hybridized carbons (Fsp3) is 0.250. The first-order chi connectivity index (χ1) is 8.88. The van der Waals surface area contributed by atoms with Gasteiger partial charge in [0, 0.05) is 12.3 Å². The van der Waals surface area contributed by atoms with E-state index in [2.05, 4.69) is 10.3 Å². The van der Waals surface area contributed by atoms with Gasteiger partial charge in [0.15, 0.2) is 12.4 Å². The van der Waals surface area contributed by atoms with Crippen molar-refractivity contribution in [3.05, 3.63) is 34.0 Å². The predicted octanol–water partition coefficient (Wildman–Crippen LogP) is 2.84. The van der Waals surface area contributed by atoms with Gasteiger partial charge in [-0.15, -0.1) is 0 Å². The van der Waals surface area contributed by atoms with Gasteiger partial charge in [0.05, 0.1) is 10.0 Å². The van der Waals surface area contributed by atoms with Crippen LogP contribution in [-0.4, -0.2) is 23.5 Å². The molecule has 19 heavy (non-hydrogen) atoms. The van der Waals surface area contributed by atoms with Crippen LogP contribution in [0.1, 0.15) is 13.8 Å². The van der Waals surface area contributed by atoms with Crippen LogP contribution in [0.4, 0.5) is 5.82 Å². The van der Waals surface area contributed by atoms with Gasteiger partial charge in [-0.2, -0.15) is 0 Å². The van der Waals surface area contributed by atoms with Crippen LogP contribution in [0.5, 0.6) is 0 Å². The Balaban J connectivity index is 2.52. The Morgan fingerprint density at radius 3 is 2.68 bits per heavy atom. The number of nitrogens with one attached hydrogen (secondary N) is 1. The second kappa shape index (κ2) is 7.11. The molecule has 1 aromatic heterocycles. The molecule has 0 spiro atoms. The van der Waals surface area contributed by atoms with Crippen LogP contribution in [0.3, 0.4) is 0 Å². The first-order valence-electron chi connectivity index (χ1n) is 5.31. The number of halogens is 2. The van der Waals surface area contributed by atoms with E-state index in [4.69, 9.17) is 27.9 Å². The van der Waals surface area contributed by atoms with Crippen LogP contribution in [0.2, 0.25) is 10.0 Å². The number of amides is 1. The van der Waals surface area contributed by atoms with Gasteiger partial charge in [-0.05, 0) is 19.9 Å². The number of carbonyl (C=O) groups excluding carboxylic acids is 2. The molecule has 7 heteroatoms. The van der Waals surface area contributed by atoms with Gasteiger partial charge in [-0.25, -0.2) is 9.78 Å². The molecule has 102 valence electrons. The van der Waals surface area contributed by atoms with Crippen molar-refractivity contribution in [1.29, 1.82) is 0 Å². The third-order valence-electron chi connectivity index (χ3n) is 1.82. The average Bonchev–Trinajstić information content (AvgIpc) is 2.29. The topological polar surface area (TPSA) is 68.3 Å². The molecule has 0 bridgehead atoms. The van der Waals surface area contributed by atoms with Crippen LogP contribution in [0, 0.1) is 0 Å². The Hall–Kier alpha value is -1.59. The zero-order valence-electron chi connectivity index (χ0n) is 10.4. The summed E-state index contributed by atoms with van der Waals surface area (Å²) in [7, 11) is 0. The maximum absolute atomic E-state index is 11.5. The van der Waals surface area contributed by atoms with Crippen molar-refractivity contribution in [2.45, 2.75) is 13.8 Å². The van der Waals surface area contributed by atoms with E-state index in [0.29, 0.717) is 5.02 Å². The predicted molar refractivity (Wildman–Crippen MR) is 73.3 cm³/mol. The number of rotatable bonds is 4. The summed E-state index contributed by atoms with van der Waals surface area (Å²) in [6, 6.07) is 1.45. The lowest BCUT2D eigenvalue weighted by molar-refractivity contribution is -0.142. The van der Waals surface area contributed by atoms with Crippen LogP contribution < -0.4 is 5.32 Å². The second-order valence-electron chi connectivity index (χ2n) is 3.86. The normalized spacial score (nSPS) is 9.68. The molecule has 0 aromatic carbocycles. The number of esters is 1. The Kier molecular flexibility index (Phi) is 5.79. The molecule has 0 fully saturated rings. The summed E-state index contributed by atoms with van der Waals surface area (Å²) in [5.41, 5.74) is 0.785. The lowest BCUT2D eigenvalue weighted by atomic mass is 10.3. The summed E-state index contributed by atoms with van der Waals surface area (Å²) < 4.78 is 4.73. The van der Waals surface area contributed by atoms with E-state index < -0.39 is 18.5 Å². The van der Waals surface area contributed by atoms with E-state index in [1.807, 2.05) is 0 Å². The molecule has 1 N–H and O–H groups in total. The summed E-state index contributed by atoms with van der Waals surface area (Å²) >= 11 is 11.5. The molecule has 1 heterocycles. The molecule has 0 unspecified atom stereocenters. The first-order valence-corrected chi connectivity index (χ1v) is 6.06. The fourth-order valence-electron chi connectivity index (χ4n) is 1.09. The van der Waals surface area contributed by atoms with E-state index in [1.54, 1.807) is 13.8 Å². The van der Waals surface area contributed by atoms with E-state index in [0.717, 1.165) is 5.57 Å². The summed E-state index contributed by atoms with van der Waals surface area (Å²) in [5.74, 6) is -0.952. The standard InChI is InChI=1S/C12H12Cl2N2O3/c1-7(2)3-11(18)19-6-10(17)16-12-9(14)4-8(13)5-15-12/h3-5H,6H2,1-2H3,(H,15,16,17). The fourth-order valence-corrected chi connectivity index (χ4v) is 1.52. The van der Waals surface area contributed by atoms with E-state index >= 15 is 0 Å². The monoisotopic (exact) mass is 302 g/mol.